The molecule has 9 aromatic carbocycles. The van der Waals surface area contributed by atoms with Gasteiger partial charge in [-0.15, -0.1) is 0 Å². The van der Waals surface area contributed by atoms with Crippen molar-refractivity contribution in [3.63, 3.8) is 0 Å². The van der Waals surface area contributed by atoms with Crippen LogP contribution >= 0.6 is 0 Å². The normalized spacial score (nSPS) is 16.8. The lowest BCUT2D eigenvalue weighted by Gasteiger charge is -2.34. The second-order valence-corrected chi connectivity index (χ2v) is 17.5. The number of anilines is 3. The highest BCUT2D eigenvalue weighted by molar-refractivity contribution is 5.97. The van der Waals surface area contributed by atoms with Crippen LogP contribution in [0.1, 0.15) is 33.7 Å². The molecule has 9 aromatic rings. The highest BCUT2D eigenvalue weighted by Crippen LogP contribution is 2.62. The molecule has 0 saturated heterocycles. The van der Waals surface area contributed by atoms with Gasteiger partial charge in [-0.1, -0.05) is 200 Å². The van der Waals surface area contributed by atoms with E-state index in [0.717, 1.165) is 33.9 Å². The summed E-state index contributed by atoms with van der Waals surface area (Å²) in [6, 6.07) is 74.2. The molecule has 4 aliphatic rings. The van der Waals surface area contributed by atoms with E-state index in [1.54, 1.807) is 0 Å². The van der Waals surface area contributed by atoms with E-state index in [2.05, 4.69) is 254 Å². The molecule has 312 valence electrons. The summed E-state index contributed by atoms with van der Waals surface area (Å²) in [5, 5.41) is 2.47. The topological polar surface area (TPSA) is 21.7 Å². The Bertz CT molecular complexity index is 3430. The maximum Gasteiger partial charge on any atom is 0.178 e. The van der Waals surface area contributed by atoms with Gasteiger partial charge in [-0.3, -0.25) is 0 Å². The first-order valence-corrected chi connectivity index (χ1v) is 22.8. The van der Waals surface area contributed by atoms with Crippen molar-refractivity contribution >= 4 is 27.8 Å². The lowest BCUT2D eigenvalue weighted by molar-refractivity contribution is 0.360. The fourth-order valence-corrected chi connectivity index (χ4v) is 11.0. The number of benzene rings is 9. The molecule has 0 spiro atoms. The van der Waals surface area contributed by atoms with Crippen LogP contribution in [0.4, 0.5) is 17.1 Å². The summed E-state index contributed by atoms with van der Waals surface area (Å²) in [5.41, 5.74) is 14.6. The van der Waals surface area contributed by atoms with Gasteiger partial charge in [0.25, 0.3) is 0 Å². The van der Waals surface area contributed by atoms with Gasteiger partial charge in [0.1, 0.15) is 0 Å². The predicted molar refractivity (Wildman–Crippen MR) is 270 cm³/mol. The molecule has 0 amide bonds. The maximum absolute atomic E-state index is 7.05. The van der Waals surface area contributed by atoms with Crippen molar-refractivity contribution in [3.05, 3.63) is 282 Å². The maximum atomic E-state index is 7.05. The van der Waals surface area contributed by atoms with Crippen LogP contribution in [0.15, 0.2) is 254 Å². The molecule has 0 bridgehead atoms. The summed E-state index contributed by atoms with van der Waals surface area (Å²) in [4.78, 5) is 2.31. The molecule has 3 nitrogen and oxygen atoms in total. The molecule has 1 aliphatic heterocycles. The van der Waals surface area contributed by atoms with E-state index in [0.29, 0.717) is 23.2 Å². The van der Waals surface area contributed by atoms with E-state index in [-0.39, 0.29) is 5.92 Å². The van der Waals surface area contributed by atoms with Crippen molar-refractivity contribution in [2.24, 2.45) is 5.92 Å². The van der Waals surface area contributed by atoms with Crippen LogP contribution in [-0.2, 0) is 5.41 Å². The Morgan fingerprint density at radius 2 is 1.09 bits per heavy atom. The molecule has 13 rings (SSSR count). The van der Waals surface area contributed by atoms with Crippen LogP contribution in [0.3, 0.4) is 0 Å². The Balaban J connectivity index is 0.904. The third-order valence-corrected chi connectivity index (χ3v) is 14.0. The zero-order valence-electron chi connectivity index (χ0n) is 36.1. The van der Waals surface area contributed by atoms with Gasteiger partial charge >= 0.3 is 0 Å². The Labute approximate surface area is 385 Å². The van der Waals surface area contributed by atoms with Gasteiger partial charge in [-0.2, -0.15) is 0 Å². The van der Waals surface area contributed by atoms with E-state index >= 15 is 0 Å². The quantitative estimate of drug-likeness (QED) is 0.160. The zero-order valence-corrected chi connectivity index (χ0v) is 36.1. The van der Waals surface area contributed by atoms with Crippen molar-refractivity contribution in [1.82, 2.24) is 0 Å². The van der Waals surface area contributed by atoms with Crippen LogP contribution < -0.4 is 14.4 Å². The summed E-state index contributed by atoms with van der Waals surface area (Å²) in [7, 11) is 0. The molecular weight excluding hydrogens is 803 g/mol. The first kappa shape index (κ1) is 38.1. The van der Waals surface area contributed by atoms with E-state index in [4.69, 9.17) is 9.47 Å². The number of nitrogens with zero attached hydrogens (tertiary/aromatic N) is 1. The average Bonchev–Trinajstić information content (AvgIpc) is 3.70. The number of rotatable bonds is 7. The summed E-state index contributed by atoms with van der Waals surface area (Å²) in [6.45, 7) is 0. The predicted octanol–water partition coefficient (Wildman–Crippen LogP) is 16.6. The molecule has 3 aliphatic carbocycles. The minimum atomic E-state index is -0.535. The fraction of sp³-hybridized carbons (Fsp3) is 0.0476. The Hall–Kier alpha value is -8.40. The number of hydrogen-bond acceptors (Lipinski definition) is 3. The average molecular weight is 846 g/mol. The molecule has 2 unspecified atom stereocenters. The number of allylic oxidation sites excluding steroid dienone is 8. The molecule has 0 N–H and O–H groups in total. The highest BCUT2D eigenvalue weighted by Gasteiger charge is 2.48. The second-order valence-electron chi connectivity index (χ2n) is 17.5. The SMILES string of the molecule is C1=CC2=CC=CC(c3ccc(N(c4ccc(-c5cccc6ccccc56)cc4)c4ccc5c(c4)Oc4ccc6c(c4O5)-c4ccccc4C6(c4ccccc4)c4ccccc4)cc3)C2C=C1. The van der Waals surface area contributed by atoms with E-state index in [9.17, 15) is 0 Å². The third-order valence-electron chi connectivity index (χ3n) is 14.0. The van der Waals surface area contributed by atoms with Gasteiger partial charge in [0.15, 0.2) is 23.0 Å². The third kappa shape index (κ3) is 5.97. The summed E-state index contributed by atoms with van der Waals surface area (Å²) < 4.78 is 14.0. The molecule has 1 heterocycles. The number of ether oxygens (including phenoxy) is 2. The van der Waals surface area contributed by atoms with Gasteiger partial charge < -0.3 is 14.4 Å². The zero-order chi connectivity index (χ0) is 43.6. The summed E-state index contributed by atoms with van der Waals surface area (Å²) >= 11 is 0. The molecule has 0 radical (unpaired) electrons. The van der Waals surface area contributed by atoms with Crippen molar-refractivity contribution in [1.29, 1.82) is 0 Å². The number of fused-ring (bicyclic) bond motifs is 8. The van der Waals surface area contributed by atoms with E-state index in [1.165, 1.54) is 55.3 Å². The van der Waals surface area contributed by atoms with Gasteiger partial charge in [-0.05, 0) is 103 Å². The summed E-state index contributed by atoms with van der Waals surface area (Å²) in [5.74, 6) is 3.37. The van der Waals surface area contributed by atoms with Crippen LogP contribution in [0.25, 0.3) is 33.0 Å². The van der Waals surface area contributed by atoms with Crippen LogP contribution in [0, 0.1) is 5.92 Å². The molecule has 0 saturated carbocycles. The lowest BCUT2D eigenvalue weighted by atomic mass is 9.68. The van der Waals surface area contributed by atoms with Crippen molar-refractivity contribution in [2.45, 2.75) is 11.3 Å². The van der Waals surface area contributed by atoms with Gasteiger partial charge in [0.05, 0.1) is 11.1 Å². The largest absolute Gasteiger partial charge is 0.449 e. The number of hydrogen-bond donors (Lipinski definition) is 0. The monoisotopic (exact) mass is 845 g/mol. The van der Waals surface area contributed by atoms with Crippen molar-refractivity contribution in [3.8, 4) is 45.3 Å². The molecule has 3 heteroatoms. The van der Waals surface area contributed by atoms with Gasteiger partial charge in [0, 0.05) is 34.8 Å². The standard InChI is InChI=1S/C63H43NO2/c1-3-19-46(20-4-1)63(47-21-5-2-6-22-47)56-28-12-11-25-55(56)61-57(63)38-40-59-62(61)66-58-39-37-50(41-60(58)65-59)64(48-33-29-44(30-34-48)53-26-13-17-42-15-7-9-23-51(42)53)49-35-31-45(32-36-49)54-27-14-18-43-16-8-10-24-52(43)54/h1-41,51,53H. The fourth-order valence-electron chi connectivity index (χ4n) is 11.0. The molecule has 66 heavy (non-hydrogen) atoms. The lowest BCUT2D eigenvalue weighted by Crippen LogP contribution is -2.28. The minimum absolute atomic E-state index is 0.266. The van der Waals surface area contributed by atoms with Crippen LogP contribution in [-0.4, -0.2) is 0 Å². The molecule has 0 aromatic heterocycles. The minimum Gasteiger partial charge on any atom is -0.449 e. The first-order valence-electron chi connectivity index (χ1n) is 22.8. The molecule has 0 fully saturated rings. The molecular formula is C63H43NO2. The van der Waals surface area contributed by atoms with E-state index in [1.807, 2.05) is 0 Å². The molecule has 2 atom stereocenters. The Morgan fingerprint density at radius 1 is 0.439 bits per heavy atom. The van der Waals surface area contributed by atoms with Gasteiger partial charge in [0.2, 0.25) is 0 Å². The second kappa shape index (κ2) is 15.4. The Morgan fingerprint density at radius 3 is 1.89 bits per heavy atom. The van der Waals surface area contributed by atoms with Crippen LogP contribution in [0.2, 0.25) is 0 Å². The van der Waals surface area contributed by atoms with Crippen molar-refractivity contribution in [2.75, 3.05) is 4.90 Å². The highest BCUT2D eigenvalue weighted by atomic mass is 16.6. The first-order chi connectivity index (χ1) is 32.7. The van der Waals surface area contributed by atoms with Crippen molar-refractivity contribution < 1.29 is 9.47 Å². The van der Waals surface area contributed by atoms with Crippen LogP contribution in [0.5, 0.6) is 23.0 Å². The smallest absolute Gasteiger partial charge is 0.178 e. The summed E-state index contributed by atoms with van der Waals surface area (Å²) in [6.07, 6.45) is 15.6. The van der Waals surface area contributed by atoms with Gasteiger partial charge in [-0.25, -0.2) is 0 Å². The van der Waals surface area contributed by atoms with E-state index < -0.39 is 5.41 Å². The Kier molecular flexibility index (Phi) is 8.89.